The van der Waals surface area contributed by atoms with Crippen molar-refractivity contribution >= 4 is 39.0 Å². The van der Waals surface area contributed by atoms with Crippen LogP contribution in [0.25, 0.3) is 5.69 Å². The summed E-state index contributed by atoms with van der Waals surface area (Å²) >= 11 is 5.92. The van der Waals surface area contributed by atoms with Crippen molar-refractivity contribution in [2.45, 2.75) is 11.0 Å². The summed E-state index contributed by atoms with van der Waals surface area (Å²) in [6.45, 7) is -0.133. The van der Waals surface area contributed by atoms with Gasteiger partial charge < -0.3 is 21.3 Å². The van der Waals surface area contributed by atoms with Crippen molar-refractivity contribution in [2.75, 3.05) is 18.1 Å². The Morgan fingerprint density at radius 3 is 2.47 bits per heavy atom. The smallest absolute Gasteiger partial charge is 0.343 e. The van der Waals surface area contributed by atoms with Gasteiger partial charge >= 0.3 is 5.97 Å². The van der Waals surface area contributed by atoms with E-state index in [9.17, 15) is 33.0 Å². The monoisotopic (exact) mass is 505 g/mol. The molecule has 1 heterocycles. The van der Waals surface area contributed by atoms with E-state index in [2.05, 4.69) is 5.32 Å². The quantitative estimate of drug-likeness (QED) is 0.359. The fourth-order valence-electron chi connectivity index (χ4n) is 3.28. The number of hydrogen-bond donors (Lipinski definition) is 4. The molecular weight excluding hydrogens is 486 g/mol. The summed E-state index contributed by atoms with van der Waals surface area (Å²) in [6, 6.07) is 11.2. The summed E-state index contributed by atoms with van der Waals surface area (Å²) in [5.41, 5.74) is 3.69. The third kappa shape index (κ3) is 5.28. The predicted octanol–water partition coefficient (Wildman–Crippen LogP) is 1.84. The van der Waals surface area contributed by atoms with E-state index in [-0.39, 0.29) is 28.4 Å². The average Bonchev–Trinajstić information content (AvgIpc) is 2.76. The third-order valence-corrected chi connectivity index (χ3v) is 6.29. The minimum atomic E-state index is -3.93. The topological polar surface area (TPSA) is 169 Å². The van der Waals surface area contributed by atoms with Crippen LogP contribution in [0, 0.1) is 0 Å². The number of nitrogens with two attached hydrogens (primary N) is 1. The molecular formula is C22H20ClN3O7S. The number of amides is 1. The van der Waals surface area contributed by atoms with Crippen molar-refractivity contribution in [3.8, 4) is 5.69 Å². The second kappa shape index (κ2) is 9.67. The molecule has 0 aliphatic carbocycles. The number of aliphatic hydroxyl groups is 1. The van der Waals surface area contributed by atoms with Gasteiger partial charge in [-0.05, 0) is 42.0 Å². The highest BCUT2D eigenvalue weighted by Crippen LogP contribution is 2.23. The number of sulfone groups is 1. The van der Waals surface area contributed by atoms with Gasteiger partial charge in [-0.25, -0.2) is 13.2 Å². The highest BCUT2D eigenvalue weighted by Gasteiger charge is 2.23. The van der Waals surface area contributed by atoms with Crippen LogP contribution in [0.3, 0.4) is 0 Å². The maximum atomic E-state index is 13.1. The predicted molar refractivity (Wildman–Crippen MR) is 126 cm³/mol. The zero-order chi connectivity index (χ0) is 25.2. The molecule has 0 saturated heterocycles. The van der Waals surface area contributed by atoms with E-state index < -0.39 is 38.9 Å². The van der Waals surface area contributed by atoms with Crippen LogP contribution in [0.15, 0.2) is 64.4 Å². The van der Waals surface area contributed by atoms with Crippen LogP contribution in [0.1, 0.15) is 32.4 Å². The Bertz CT molecular complexity index is 1450. The van der Waals surface area contributed by atoms with Gasteiger partial charge in [0.1, 0.15) is 5.56 Å². The highest BCUT2D eigenvalue weighted by atomic mass is 35.5. The fourth-order valence-corrected chi connectivity index (χ4v) is 4.37. The minimum absolute atomic E-state index is 0.0792. The summed E-state index contributed by atoms with van der Waals surface area (Å²) in [7, 11) is -3.93. The Morgan fingerprint density at radius 1 is 1.18 bits per heavy atom. The number of anilines is 1. The Labute approximate surface area is 199 Å². The first-order chi connectivity index (χ1) is 15.9. The van der Waals surface area contributed by atoms with Crippen molar-refractivity contribution in [1.82, 2.24) is 4.57 Å². The van der Waals surface area contributed by atoms with E-state index in [0.29, 0.717) is 10.6 Å². The zero-order valence-corrected chi connectivity index (χ0v) is 19.3. The molecule has 0 spiro atoms. The second-order valence-corrected chi connectivity index (χ2v) is 9.78. The van der Waals surface area contributed by atoms with Gasteiger partial charge in [-0.15, -0.1) is 0 Å². The van der Waals surface area contributed by atoms with Crippen LogP contribution >= 0.6 is 11.6 Å². The van der Waals surface area contributed by atoms with Crippen LogP contribution in [0.2, 0.25) is 5.02 Å². The molecule has 3 aromatic rings. The number of nitrogens with one attached hydrogen (secondary N) is 1. The largest absolute Gasteiger partial charge is 0.477 e. The molecule has 12 heteroatoms. The molecule has 0 fully saturated rings. The Morgan fingerprint density at radius 2 is 1.88 bits per heavy atom. The maximum absolute atomic E-state index is 13.1. The number of aromatic carboxylic acids is 1. The van der Waals surface area contributed by atoms with Crippen molar-refractivity contribution in [3.63, 3.8) is 0 Å². The molecule has 5 N–H and O–H groups in total. The minimum Gasteiger partial charge on any atom is -0.477 e. The number of pyridine rings is 1. The summed E-state index contributed by atoms with van der Waals surface area (Å²) in [4.78, 5) is 36.1. The van der Waals surface area contributed by atoms with Gasteiger partial charge in [0.25, 0.3) is 5.56 Å². The molecule has 1 aromatic heterocycles. The first-order valence-electron chi connectivity index (χ1n) is 9.70. The molecule has 0 radical (unpaired) electrons. The van der Waals surface area contributed by atoms with E-state index in [1.54, 1.807) is 24.3 Å². The molecule has 2 aromatic carbocycles. The number of carbonyl (C=O) groups is 2. The van der Waals surface area contributed by atoms with Gasteiger partial charge in [-0.1, -0.05) is 23.7 Å². The molecule has 0 aliphatic heterocycles. The van der Waals surface area contributed by atoms with E-state index in [1.807, 2.05) is 0 Å². The lowest BCUT2D eigenvalue weighted by atomic mass is 10.1. The second-order valence-electron chi connectivity index (χ2n) is 7.36. The fraction of sp³-hybridized carbons (Fsp3) is 0.136. The lowest BCUT2D eigenvalue weighted by Gasteiger charge is -2.17. The zero-order valence-electron chi connectivity index (χ0n) is 17.7. The number of rotatable bonds is 8. The summed E-state index contributed by atoms with van der Waals surface area (Å²) in [5.74, 6) is -2.43. The number of carbonyl (C=O) groups excluding carboxylic acids is 1. The van der Waals surface area contributed by atoms with Gasteiger partial charge in [0.05, 0.1) is 22.4 Å². The Kier molecular flexibility index (Phi) is 7.10. The highest BCUT2D eigenvalue weighted by molar-refractivity contribution is 7.90. The van der Waals surface area contributed by atoms with Crippen LogP contribution in [0.5, 0.6) is 0 Å². The Balaban J connectivity index is 2.05. The number of carboxylic acids is 1. The molecule has 0 unspecified atom stereocenters. The number of hydrogen-bond acceptors (Lipinski definition) is 7. The molecule has 34 heavy (non-hydrogen) atoms. The van der Waals surface area contributed by atoms with Crippen LogP contribution in [-0.4, -0.2) is 47.9 Å². The number of nitrogens with zero attached hydrogens (tertiary/aromatic N) is 1. The normalized spacial score (nSPS) is 12.2. The van der Waals surface area contributed by atoms with Gasteiger partial charge in [0.2, 0.25) is 5.91 Å². The van der Waals surface area contributed by atoms with Gasteiger partial charge in [0.15, 0.2) is 9.84 Å². The number of aliphatic hydroxyl groups excluding tert-OH is 1. The number of halogens is 1. The molecule has 0 saturated carbocycles. The Hall–Kier alpha value is -3.67. The number of benzene rings is 2. The standard InChI is InChI=1S/C22H20ClN3O7S/c1-34(32,33)18-10-13(20(24)28)5-6-16(18)26-8-7-15(19(21(26)29)22(30)31)25-11-17(27)12-3-2-4-14(23)9-12/h2-10,17,25,27H,11H2,1H3,(H2,24,28)(H,30,31)/t17-/m0/s1. The molecule has 10 nitrogen and oxygen atoms in total. The average molecular weight is 506 g/mol. The summed E-state index contributed by atoms with van der Waals surface area (Å²) in [5, 5.41) is 23.2. The van der Waals surface area contributed by atoms with E-state index in [4.69, 9.17) is 17.3 Å². The maximum Gasteiger partial charge on any atom is 0.343 e. The third-order valence-electron chi connectivity index (χ3n) is 4.93. The van der Waals surface area contributed by atoms with E-state index in [1.165, 1.54) is 24.4 Å². The molecule has 178 valence electrons. The van der Waals surface area contributed by atoms with E-state index in [0.717, 1.165) is 16.9 Å². The first-order valence-corrected chi connectivity index (χ1v) is 12.0. The SMILES string of the molecule is CS(=O)(=O)c1cc(C(N)=O)ccc1-n1ccc(NC[C@H](O)c2cccc(Cl)c2)c(C(=O)O)c1=O. The van der Waals surface area contributed by atoms with Crippen molar-refractivity contribution in [3.05, 3.63) is 86.8 Å². The van der Waals surface area contributed by atoms with Crippen LogP contribution < -0.4 is 16.6 Å². The van der Waals surface area contributed by atoms with Crippen LogP contribution in [0.4, 0.5) is 5.69 Å². The molecule has 1 amide bonds. The van der Waals surface area contributed by atoms with Crippen molar-refractivity contribution in [2.24, 2.45) is 5.73 Å². The summed E-state index contributed by atoms with van der Waals surface area (Å²) in [6.07, 6.45) is 1.02. The van der Waals surface area contributed by atoms with Crippen molar-refractivity contribution in [1.29, 1.82) is 0 Å². The first kappa shape index (κ1) is 25.0. The van der Waals surface area contributed by atoms with Gasteiger partial charge in [-0.2, -0.15) is 0 Å². The van der Waals surface area contributed by atoms with Gasteiger partial charge in [-0.3, -0.25) is 14.2 Å². The number of primary amides is 1. The lowest BCUT2D eigenvalue weighted by Crippen LogP contribution is -2.28. The molecule has 0 bridgehead atoms. The lowest BCUT2D eigenvalue weighted by molar-refractivity contribution is 0.0695. The molecule has 0 aliphatic rings. The summed E-state index contributed by atoms with van der Waals surface area (Å²) < 4.78 is 25.5. The number of aromatic nitrogens is 1. The van der Waals surface area contributed by atoms with E-state index >= 15 is 0 Å². The van der Waals surface area contributed by atoms with Crippen molar-refractivity contribution < 1.29 is 28.2 Å². The van der Waals surface area contributed by atoms with Crippen LogP contribution in [-0.2, 0) is 9.84 Å². The number of carboxylic acid groups (broad SMARTS) is 1. The molecule has 3 rings (SSSR count). The van der Waals surface area contributed by atoms with Gasteiger partial charge in [0, 0.05) is 29.6 Å². The molecule has 1 atom stereocenters.